The number of nitrogens with one attached hydrogen (secondary N) is 2. The van der Waals surface area contributed by atoms with E-state index in [1.807, 2.05) is 25.1 Å². The minimum Gasteiger partial charge on any atom is -0.494 e. The van der Waals surface area contributed by atoms with Crippen LogP contribution < -0.4 is 15.4 Å². The summed E-state index contributed by atoms with van der Waals surface area (Å²) in [6.45, 7) is 11.5. The number of benzene rings is 1. The highest BCUT2D eigenvalue weighted by Crippen LogP contribution is 2.18. The van der Waals surface area contributed by atoms with Crippen LogP contribution in [0.4, 0.5) is 0 Å². The Morgan fingerprint density at radius 3 is 2.52 bits per heavy atom. The first kappa shape index (κ1) is 20.0. The highest BCUT2D eigenvalue weighted by Gasteiger charge is 2.03. The van der Waals surface area contributed by atoms with E-state index in [1.54, 1.807) is 0 Å². The van der Waals surface area contributed by atoms with Crippen LogP contribution in [0.1, 0.15) is 33.3 Å². The van der Waals surface area contributed by atoms with Crippen LogP contribution >= 0.6 is 24.0 Å². The van der Waals surface area contributed by atoms with Crippen molar-refractivity contribution in [3.05, 3.63) is 29.8 Å². The lowest BCUT2D eigenvalue weighted by Crippen LogP contribution is -2.39. The molecule has 1 aromatic carbocycles. The van der Waals surface area contributed by atoms with Crippen molar-refractivity contribution in [2.75, 3.05) is 19.7 Å². The third kappa shape index (κ3) is 8.14. The van der Waals surface area contributed by atoms with Crippen molar-refractivity contribution in [2.24, 2.45) is 10.9 Å². The van der Waals surface area contributed by atoms with Crippen LogP contribution in [0.25, 0.3) is 0 Å². The number of nitrogens with zero attached hydrogens (tertiary/aromatic N) is 1. The van der Waals surface area contributed by atoms with Crippen LogP contribution in [0, 0.1) is 5.92 Å². The summed E-state index contributed by atoms with van der Waals surface area (Å²) < 4.78 is 5.62. The fraction of sp³-hybridized carbons (Fsp3) is 0.562. The maximum atomic E-state index is 5.62. The lowest BCUT2D eigenvalue weighted by molar-refractivity contribution is 0.336. The Morgan fingerprint density at radius 2 is 1.90 bits per heavy atom. The number of aliphatic imine (C=N–C) groups is 1. The van der Waals surface area contributed by atoms with Gasteiger partial charge in [-0.1, -0.05) is 32.0 Å². The number of para-hydroxylation sites is 1. The van der Waals surface area contributed by atoms with Crippen molar-refractivity contribution in [1.82, 2.24) is 10.6 Å². The zero-order valence-electron chi connectivity index (χ0n) is 13.5. The maximum Gasteiger partial charge on any atom is 0.191 e. The van der Waals surface area contributed by atoms with Gasteiger partial charge in [-0.3, -0.25) is 0 Å². The number of hydrogen-bond donors (Lipinski definition) is 2. The number of rotatable bonds is 7. The second-order valence-electron chi connectivity index (χ2n) is 5.01. The van der Waals surface area contributed by atoms with Gasteiger partial charge in [0.2, 0.25) is 0 Å². The van der Waals surface area contributed by atoms with Crippen LogP contribution in [0.5, 0.6) is 5.75 Å². The van der Waals surface area contributed by atoms with Gasteiger partial charge in [0.25, 0.3) is 0 Å². The van der Waals surface area contributed by atoms with Crippen molar-refractivity contribution < 1.29 is 4.74 Å². The summed E-state index contributed by atoms with van der Waals surface area (Å²) in [5.41, 5.74) is 1.11. The molecule has 5 heteroatoms. The first-order valence-corrected chi connectivity index (χ1v) is 7.40. The topological polar surface area (TPSA) is 45.7 Å². The van der Waals surface area contributed by atoms with E-state index in [4.69, 9.17) is 4.74 Å². The number of ether oxygens (including phenoxy) is 1. The fourth-order valence-corrected chi connectivity index (χ4v) is 1.74. The molecule has 0 fully saturated rings. The average Bonchev–Trinajstić information content (AvgIpc) is 2.43. The van der Waals surface area contributed by atoms with Crippen molar-refractivity contribution in [2.45, 2.75) is 34.2 Å². The molecule has 1 aromatic rings. The molecular weight excluding hydrogens is 377 g/mol. The summed E-state index contributed by atoms with van der Waals surface area (Å²) in [7, 11) is 0. The molecule has 0 aliphatic carbocycles. The lowest BCUT2D eigenvalue weighted by Gasteiger charge is -2.13. The Morgan fingerprint density at radius 1 is 1.19 bits per heavy atom. The molecule has 0 atom stereocenters. The van der Waals surface area contributed by atoms with Gasteiger partial charge in [-0.05, 0) is 25.8 Å². The van der Waals surface area contributed by atoms with Crippen LogP contribution in [0.3, 0.4) is 0 Å². The molecule has 0 aliphatic heterocycles. The molecule has 2 N–H and O–H groups in total. The van der Waals surface area contributed by atoms with Gasteiger partial charge < -0.3 is 15.4 Å². The monoisotopic (exact) mass is 405 g/mol. The Bertz CT molecular complexity index is 422. The molecule has 0 bridgehead atoms. The molecule has 120 valence electrons. The van der Waals surface area contributed by atoms with E-state index in [0.717, 1.165) is 30.4 Å². The highest BCUT2D eigenvalue weighted by atomic mass is 127. The molecule has 0 saturated carbocycles. The molecule has 0 unspecified atom stereocenters. The zero-order chi connectivity index (χ0) is 14.8. The number of hydrogen-bond acceptors (Lipinski definition) is 2. The van der Waals surface area contributed by atoms with Crippen molar-refractivity contribution in [3.8, 4) is 5.75 Å². The number of guanidine groups is 1. The van der Waals surface area contributed by atoms with Gasteiger partial charge in [0, 0.05) is 18.7 Å². The normalized spacial score (nSPS) is 11.0. The molecule has 0 saturated heterocycles. The minimum atomic E-state index is 0. The van der Waals surface area contributed by atoms with Gasteiger partial charge in [0.05, 0.1) is 13.2 Å². The fourth-order valence-electron chi connectivity index (χ4n) is 1.74. The van der Waals surface area contributed by atoms with E-state index in [9.17, 15) is 0 Å². The predicted octanol–water partition coefficient (Wildman–Crippen LogP) is 3.41. The van der Waals surface area contributed by atoms with Crippen LogP contribution in [0.2, 0.25) is 0 Å². The molecular formula is C16H28IN3O. The van der Waals surface area contributed by atoms with E-state index >= 15 is 0 Å². The van der Waals surface area contributed by atoms with Crippen LogP contribution in [0.15, 0.2) is 29.3 Å². The largest absolute Gasteiger partial charge is 0.494 e. The van der Waals surface area contributed by atoms with Crippen LogP contribution in [-0.2, 0) is 6.54 Å². The van der Waals surface area contributed by atoms with Gasteiger partial charge in [0.1, 0.15) is 5.75 Å². The molecule has 0 amide bonds. The first-order valence-electron chi connectivity index (χ1n) is 7.40. The molecule has 21 heavy (non-hydrogen) atoms. The van der Waals surface area contributed by atoms with Gasteiger partial charge in [-0.2, -0.15) is 0 Å². The summed E-state index contributed by atoms with van der Waals surface area (Å²) in [5, 5.41) is 6.60. The van der Waals surface area contributed by atoms with E-state index in [1.165, 1.54) is 0 Å². The molecule has 0 heterocycles. The van der Waals surface area contributed by atoms with Crippen molar-refractivity contribution >= 4 is 29.9 Å². The predicted molar refractivity (Wildman–Crippen MR) is 101 cm³/mol. The van der Waals surface area contributed by atoms with Gasteiger partial charge in [-0.15, -0.1) is 24.0 Å². The molecule has 0 aromatic heterocycles. The highest BCUT2D eigenvalue weighted by molar-refractivity contribution is 14.0. The molecule has 4 nitrogen and oxygen atoms in total. The van der Waals surface area contributed by atoms with Crippen molar-refractivity contribution in [1.29, 1.82) is 0 Å². The summed E-state index contributed by atoms with van der Waals surface area (Å²) in [6.07, 6.45) is 0. The van der Waals surface area contributed by atoms with E-state index in [-0.39, 0.29) is 24.0 Å². The quantitative estimate of drug-likeness (QED) is 0.415. The Hall–Kier alpha value is -0.980. The van der Waals surface area contributed by atoms with Crippen LogP contribution in [-0.4, -0.2) is 25.7 Å². The Balaban J connectivity index is 0.00000400. The Labute approximate surface area is 145 Å². The second-order valence-corrected chi connectivity index (χ2v) is 5.01. The summed E-state index contributed by atoms with van der Waals surface area (Å²) in [4.78, 5) is 4.61. The standard InChI is InChI=1S/C16H27N3O.HI/c1-5-17-16(18-11-13(3)4)19-12-14-9-7-8-10-15(14)20-6-2;/h7-10,13H,5-6,11-12H2,1-4H3,(H2,17,18,19);1H. The van der Waals surface area contributed by atoms with E-state index in [0.29, 0.717) is 19.1 Å². The first-order chi connectivity index (χ1) is 9.67. The average molecular weight is 405 g/mol. The molecule has 1 rings (SSSR count). The third-order valence-electron chi connectivity index (χ3n) is 2.70. The van der Waals surface area contributed by atoms with Gasteiger partial charge >= 0.3 is 0 Å². The number of halogens is 1. The van der Waals surface area contributed by atoms with Crippen molar-refractivity contribution in [3.63, 3.8) is 0 Å². The van der Waals surface area contributed by atoms with E-state index in [2.05, 4.69) is 42.5 Å². The van der Waals surface area contributed by atoms with Gasteiger partial charge in [0.15, 0.2) is 5.96 Å². The Kier molecular flexibility index (Phi) is 11.1. The zero-order valence-corrected chi connectivity index (χ0v) is 15.8. The SMILES string of the molecule is CCNC(=NCc1ccccc1OCC)NCC(C)C.I. The summed E-state index contributed by atoms with van der Waals surface area (Å²) >= 11 is 0. The smallest absolute Gasteiger partial charge is 0.191 e. The second kappa shape index (κ2) is 11.7. The summed E-state index contributed by atoms with van der Waals surface area (Å²) in [5.74, 6) is 2.36. The van der Waals surface area contributed by atoms with Gasteiger partial charge in [-0.25, -0.2) is 4.99 Å². The summed E-state index contributed by atoms with van der Waals surface area (Å²) in [6, 6.07) is 8.05. The lowest BCUT2D eigenvalue weighted by atomic mass is 10.2. The molecule has 0 radical (unpaired) electrons. The molecule has 0 spiro atoms. The van der Waals surface area contributed by atoms with E-state index < -0.39 is 0 Å². The molecule has 0 aliphatic rings. The maximum absolute atomic E-state index is 5.62. The minimum absolute atomic E-state index is 0. The third-order valence-corrected chi connectivity index (χ3v) is 2.70.